The van der Waals surface area contributed by atoms with Crippen LogP contribution in [0.2, 0.25) is 0 Å². The van der Waals surface area contributed by atoms with Crippen molar-refractivity contribution in [1.29, 1.82) is 0 Å². The fraction of sp³-hybridized carbons (Fsp3) is 0.500. The van der Waals surface area contributed by atoms with Crippen molar-refractivity contribution in [3.8, 4) is 11.5 Å². The van der Waals surface area contributed by atoms with Crippen molar-refractivity contribution in [1.82, 2.24) is 4.90 Å². The number of carboxylic acid groups (broad SMARTS) is 1. The predicted molar refractivity (Wildman–Crippen MR) is 80.2 cm³/mol. The Morgan fingerprint density at radius 2 is 2.14 bits per heavy atom. The number of benzene rings is 1. The Morgan fingerprint density at radius 3 is 2.82 bits per heavy atom. The lowest BCUT2D eigenvalue weighted by molar-refractivity contribution is -0.148. The number of hydrogen-bond donors (Lipinski definition) is 1. The SMILES string of the molecule is COc1cc(C)ccc1OCCC(=O)N1CCC[C@@H]1C(=O)O. The Bertz CT molecular complexity index is 557. The minimum absolute atomic E-state index is 0.154. The zero-order chi connectivity index (χ0) is 16.1. The van der Waals surface area contributed by atoms with Gasteiger partial charge in [-0.1, -0.05) is 6.07 Å². The summed E-state index contributed by atoms with van der Waals surface area (Å²) in [4.78, 5) is 24.6. The van der Waals surface area contributed by atoms with Crippen LogP contribution in [-0.2, 0) is 9.59 Å². The summed E-state index contributed by atoms with van der Waals surface area (Å²) in [6, 6.07) is 4.87. The molecule has 0 radical (unpaired) electrons. The van der Waals surface area contributed by atoms with Gasteiger partial charge in [0, 0.05) is 6.54 Å². The van der Waals surface area contributed by atoms with Crippen LogP contribution < -0.4 is 9.47 Å². The second-order valence-corrected chi connectivity index (χ2v) is 5.34. The minimum Gasteiger partial charge on any atom is -0.493 e. The van der Waals surface area contributed by atoms with Gasteiger partial charge in [0.05, 0.1) is 20.1 Å². The average Bonchev–Trinajstić information content (AvgIpc) is 2.98. The number of carboxylic acids is 1. The number of nitrogens with zero attached hydrogens (tertiary/aromatic N) is 1. The molecule has 1 saturated heterocycles. The van der Waals surface area contributed by atoms with E-state index in [9.17, 15) is 9.59 Å². The van der Waals surface area contributed by atoms with Gasteiger partial charge in [0.2, 0.25) is 5.91 Å². The van der Waals surface area contributed by atoms with E-state index < -0.39 is 12.0 Å². The van der Waals surface area contributed by atoms with Gasteiger partial charge < -0.3 is 19.5 Å². The van der Waals surface area contributed by atoms with Crippen molar-refractivity contribution in [2.24, 2.45) is 0 Å². The Hall–Kier alpha value is -2.24. The van der Waals surface area contributed by atoms with E-state index in [2.05, 4.69) is 0 Å². The van der Waals surface area contributed by atoms with E-state index >= 15 is 0 Å². The van der Waals surface area contributed by atoms with Gasteiger partial charge in [-0.3, -0.25) is 4.79 Å². The molecule has 120 valence electrons. The first kappa shape index (κ1) is 16.1. The fourth-order valence-electron chi connectivity index (χ4n) is 2.61. The molecular formula is C16H21NO5. The molecule has 1 heterocycles. The third kappa shape index (κ3) is 3.69. The highest BCUT2D eigenvalue weighted by Crippen LogP contribution is 2.28. The molecule has 1 aliphatic heterocycles. The van der Waals surface area contributed by atoms with E-state index in [0.717, 1.165) is 12.0 Å². The predicted octanol–water partition coefficient (Wildman–Crippen LogP) is 1.85. The molecule has 1 atom stereocenters. The number of aliphatic carboxylic acids is 1. The van der Waals surface area contributed by atoms with Crippen LogP contribution in [0.1, 0.15) is 24.8 Å². The highest BCUT2D eigenvalue weighted by atomic mass is 16.5. The first-order chi connectivity index (χ1) is 10.5. The van der Waals surface area contributed by atoms with E-state index in [1.165, 1.54) is 4.90 Å². The first-order valence-electron chi connectivity index (χ1n) is 7.32. The summed E-state index contributed by atoms with van der Waals surface area (Å²) in [5.41, 5.74) is 1.06. The summed E-state index contributed by atoms with van der Waals surface area (Å²) < 4.78 is 10.8. The van der Waals surface area contributed by atoms with Crippen LogP contribution in [0.5, 0.6) is 11.5 Å². The number of carbonyl (C=O) groups is 2. The lowest BCUT2D eigenvalue weighted by Gasteiger charge is -2.21. The number of likely N-dealkylation sites (tertiary alicyclic amines) is 1. The zero-order valence-corrected chi connectivity index (χ0v) is 12.9. The third-order valence-electron chi connectivity index (χ3n) is 3.75. The van der Waals surface area contributed by atoms with Crippen molar-refractivity contribution in [2.75, 3.05) is 20.3 Å². The van der Waals surface area contributed by atoms with Crippen LogP contribution in [-0.4, -0.2) is 48.2 Å². The van der Waals surface area contributed by atoms with Crippen molar-refractivity contribution >= 4 is 11.9 Å². The van der Waals surface area contributed by atoms with Crippen molar-refractivity contribution in [3.05, 3.63) is 23.8 Å². The second-order valence-electron chi connectivity index (χ2n) is 5.34. The average molecular weight is 307 g/mol. The second kappa shape index (κ2) is 7.15. The van der Waals surface area contributed by atoms with E-state index in [1.54, 1.807) is 13.2 Å². The van der Waals surface area contributed by atoms with Gasteiger partial charge in [-0.05, 0) is 37.5 Å². The van der Waals surface area contributed by atoms with Gasteiger partial charge >= 0.3 is 5.97 Å². The molecule has 0 bridgehead atoms. The number of carbonyl (C=O) groups excluding carboxylic acids is 1. The molecule has 1 aromatic carbocycles. The van der Waals surface area contributed by atoms with Gasteiger partial charge in [-0.25, -0.2) is 4.79 Å². The van der Waals surface area contributed by atoms with Crippen LogP contribution in [0, 0.1) is 6.92 Å². The summed E-state index contributed by atoms with van der Waals surface area (Å²) >= 11 is 0. The summed E-state index contributed by atoms with van der Waals surface area (Å²) in [6.45, 7) is 2.65. The number of rotatable bonds is 6. The maximum Gasteiger partial charge on any atom is 0.326 e. The third-order valence-corrected chi connectivity index (χ3v) is 3.75. The summed E-state index contributed by atoms with van der Waals surface area (Å²) in [5, 5.41) is 9.09. The molecule has 6 nitrogen and oxygen atoms in total. The fourth-order valence-corrected chi connectivity index (χ4v) is 2.61. The normalized spacial score (nSPS) is 17.4. The smallest absolute Gasteiger partial charge is 0.326 e. The molecule has 0 spiro atoms. The quantitative estimate of drug-likeness (QED) is 0.868. The van der Waals surface area contributed by atoms with E-state index in [4.69, 9.17) is 14.6 Å². The molecule has 0 saturated carbocycles. The Balaban J connectivity index is 1.88. The molecule has 6 heteroatoms. The number of aryl methyl sites for hydroxylation is 1. The number of methoxy groups -OCH3 is 1. The monoisotopic (exact) mass is 307 g/mol. The maximum atomic E-state index is 12.1. The molecular weight excluding hydrogens is 286 g/mol. The van der Waals surface area contributed by atoms with Crippen LogP contribution in [0.4, 0.5) is 0 Å². The number of hydrogen-bond acceptors (Lipinski definition) is 4. The van der Waals surface area contributed by atoms with E-state index in [0.29, 0.717) is 24.5 Å². The van der Waals surface area contributed by atoms with Gasteiger partial charge in [0.25, 0.3) is 0 Å². The molecule has 0 unspecified atom stereocenters. The van der Waals surface area contributed by atoms with Crippen molar-refractivity contribution < 1.29 is 24.2 Å². The van der Waals surface area contributed by atoms with E-state index in [-0.39, 0.29) is 18.9 Å². The highest BCUT2D eigenvalue weighted by Gasteiger charge is 2.33. The van der Waals surface area contributed by atoms with Gasteiger partial charge in [0.1, 0.15) is 6.04 Å². The molecule has 0 aliphatic carbocycles. The topological polar surface area (TPSA) is 76.1 Å². The Morgan fingerprint density at radius 1 is 1.36 bits per heavy atom. The number of amides is 1. The van der Waals surface area contributed by atoms with Gasteiger partial charge in [-0.2, -0.15) is 0 Å². The van der Waals surface area contributed by atoms with Crippen LogP contribution >= 0.6 is 0 Å². The number of ether oxygens (including phenoxy) is 2. The minimum atomic E-state index is -0.938. The molecule has 1 aromatic rings. The van der Waals surface area contributed by atoms with Gasteiger partial charge in [-0.15, -0.1) is 0 Å². The summed E-state index contributed by atoms with van der Waals surface area (Å²) in [6.07, 6.45) is 1.41. The molecule has 2 rings (SSSR count). The molecule has 22 heavy (non-hydrogen) atoms. The van der Waals surface area contributed by atoms with Crippen LogP contribution in [0.3, 0.4) is 0 Å². The van der Waals surface area contributed by atoms with Crippen LogP contribution in [0.15, 0.2) is 18.2 Å². The van der Waals surface area contributed by atoms with Crippen molar-refractivity contribution in [3.63, 3.8) is 0 Å². The molecule has 1 amide bonds. The first-order valence-corrected chi connectivity index (χ1v) is 7.32. The molecule has 1 fully saturated rings. The molecule has 1 aliphatic rings. The Kier molecular flexibility index (Phi) is 5.25. The lowest BCUT2D eigenvalue weighted by Crippen LogP contribution is -2.40. The summed E-state index contributed by atoms with van der Waals surface area (Å²) in [7, 11) is 1.56. The highest BCUT2D eigenvalue weighted by molar-refractivity contribution is 5.84. The lowest BCUT2D eigenvalue weighted by atomic mass is 10.2. The van der Waals surface area contributed by atoms with Crippen molar-refractivity contribution in [2.45, 2.75) is 32.2 Å². The van der Waals surface area contributed by atoms with E-state index in [1.807, 2.05) is 19.1 Å². The van der Waals surface area contributed by atoms with Gasteiger partial charge in [0.15, 0.2) is 11.5 Å². The molecule has 1 N–H and O–H groups in total. The zero-order valence-electron chi connectivity index (χ0n) is 12.9. The summed E-state index contributed by atoms with van der Waals surface area (Å²) in [5.74, 6) is 0.0806. The largest absolute Gasteiger partial charge is 0.493 e. The Labute approximate surface area is 129 Å². The standard InChI is InChI=1S/C16H21NO5/c1-11-5-6-13(14(10-11)21-2)22-9-7-15(18)17-8-3-4-12(17)16(19)20/h5-6,10,12H,3-4,7-9H2,1-2H3,(H,19,20)/t12-/m1/s1. The molecule has 0 aromatic heterocycles. The maximum absolute atomic E-state index is 12.1. The van der Waals surface area contributed by atoms with Crippen LogP contribution in [0.25, 0.3) is 0 Å².